The number of hydrogen-bond acceptors (Lipinski definition) is 3. The molecule has 0 radical (unpaired) electrons. The van der Waals surface area contributed by atoms with Gasteiger partial charge in [0.25, 0.3) is 0 Å². The van der Waals surface area contributed by atoms with E-state index >= 15 is 0 Å². The van der Waals surface area contributed by atoms with Crippen LogP contribution in [0.25, 0.3) is 0 Å². The molecule has 0 saturated carbocycles. The van der Waals surface area contributed by atoms with Gasteiger partial charge in [0.15, 0.2) is 0 Å². The van der Waals surface area contributed by atoms with Crippen molar-refractivity contribution in [3.8, 4) is 0 Å². The Morgan fingerprint density at radius 3 is 2.17 bits per heavy atom. The van der Waals surface area contributed by atoms with Crippen LogP contribution in [0.2, 0.25) is 0 Å². The van der Waals surface area contributed by atoms with Crippen molar-refractivity contribution in [2.24, 2.45) is 11.7 Å². The Bertz CT molecular complexity index is 301. The smallest absolute Gasteiger partial charge is 0.323 e. The van der Waals surface area contributed by atoms with Gasteiger partial charge < -0.3 is 20.6 Å². The van der Waals surface area contributed by atoms with E-state index in [1.54, 1.807) is 7.05 Å². The second-order valence-corrected chi connectivity index (χ2v) is 4.60. The van der Waals surface area contributed by atoms with E-state index in [0.29, 0.717) is 12.5 Å². The fourth-order valence-corrected chi connectivity index (χ4v) is 1.33. The zero-order valence-corrected chi connectivity index (χ0v) is 11.0. The number of nitrogens with zero attached hydrogens (tertiary/aromatic N) is 2. The molecule has 104 valence electrons. The van der Waals surface area contributed by atoms with Gasteiger partial charge in [-0.25, -0.2) is 4.79 Å². The number of carboxylic acid groups (broad SMARTS) is 1. The minimum Gasteiger partial charge on any atom is -0.480 e. The number of rotatable bonds is 7. The van der Waals surface area contributed by atoms with E-state index in [-0.39, 0.29) is 0 Å². The highest BCUT2D eigenvalue weighted by Gasteiger charge is 2.21. The van der Waals surface area contributed by atoms with Gasteiger partial charge in [0.05, 0.1) is 0 Å². The summed E-state index contributed by atoms with van der Waals surface area (Å²) >= 11 is 0. The highest BCUT2D eigenvalue weighted by atomic mass is 16.4. The largest absolute Gasteiger partial charge is 0.480 e. The lowest BCUT2D eigenvalue weighted by Gasteiger charge is -2.26. The third-order valence-corrected chi connectivity index (χ3v) is 2.31. The van der Waals surface area contributed by atoms with E-state index in [4.69, 9.17) is 10.8 Å². The minimum atomic E-state index is -1.18. The molecule has 0 unspecified atom stereocenters. The van der Waals surface area contributed by atoms with Crippen LogP contribution in [0, 0.1) is 5.92 Å². The molecule has 7 nitrogen and oxygen atoms in total. The number of carbonyl (C=O) groups is 3. The fraction of sp³-hybridized carbons (Fsp3) is 0.727. The summed E-state index contributed by atoms with van der Waals surface area (Å²) in [7, 11) is 1.57. The molecule has 0 atom stereocenters. The van der Waals surface area contributed by atoms with Crippen LogP contribution in [0.4, 0.5) is 4.79 Å². The monoisotopic (exact) mass is 259 g/mol. The maximum atomic E-state index is 11.9. The molecule has 3 amide bonds. The van der Waals surface area contributed by atoms with E-state index in [2.05, 4.69) is 0 Å². The van der Waals surface area contributed by atoms with Crippen LogP contribution in [0.3, 0.4) is 0 Å². The normalized spacial score (nSPS) is 10.2. The predicted molar refractivity (Wildman–Crippen MR) is 65.9 cm³/mol. The quantitative estimate of drug-likeness (QED) is 0.669. The number of carbonyl (C=O) groups excluding carboxylic acids is 2. The number of amides is 3. The Kier molecular flexibility index (Phi) is 6.77. The van der Waals surface area contributed by atoms with E-state index < -0.39 is 31.0 Å². The van der Waals surface area contributed by atoms with Gasteiger partial charge in [-0.15, -0.1) is 0 Å². The van der Waals surface area contributed by atoms with Crippen LogP contribution in [0.5, 0.6) is 0 Å². The minimum absolute atomic E-state index is 0.392. The van der Waals surface area contributed by atoms with Crippen LogP contribution >= 0.6 is 0 Å². The summed E-state index contributed by atoms with van der Waals surface area (Å²) in [5, 5.41) is 8.68. The van der Waals surface area contributed by atoms with E-state index in [0.717, 1.165) is 11.3 Å². The molecular formula is C11H21N3O4. The van der Waals surface area contributed by atoms with Crippen molar-refractivity contribution >= 4 is 17.9 Å². The zero-order chi connectivity index (χ0) is 14.3. The second-order valence-electron chi connectivity index (χ2n) is 4.60. The van der Waals surface area contributed by atoms with Gasteiger partial charge in [-0.1, -0.05) is 13.8 Å². The van der Waals surface area contributed by atoms with Crippen LogP contribution < -0.4 is 5.73 Å². The molecule has 0 aliphatic heterocycles. The average Bonchev–Trinajstić information content (AvgIpc) is 2.22. The molecule has 0 bridgehead atoms. The summed E-state index contributed by atoms with van der Waals surface area (Å²) in [5.41, 5.74) is 4.98. The lowest BCUT2D eigenvalue weighted by Crippen LogP contribution is -2.47. The second kappa shape index (κ2) is 7.52. The van der Waals surface area contributed by atoms with Crippen molar-refractivity contribution in [1.29, 1.82) is 0 Å². The predicted octanol–water partition coefficient (Wildman–Crippen LogP) is -0.0438. The first-order valence-corrected chi connectivity index (χ1v) is 5.74. The Balaban J connectivity index is 4.52. The van der Waals surface area contributed by atoms with Gasteiger partial charge in [0, 0.05) is 13.6 Å². The van der Waals surface area contributed by atoms with Crippen LogP contribution in [-0.2, 0) is 9.59 Å². The highest BCUT2D eigenvalue weighted by Crippen LogP contribution is 2.03. The van der Waals surface area contributed by atoms with Crippen LogP contribution in [0.15, 0.2) is 0 Å². The fourth-order valence-electron chi connectivity index (χ4n) is 1.33. The molecule has 0 fully saturated rings. The topological polar surface area (TPSA) is 104 Å². The number of aliphatic carboxylic acids is 1. The Hall–Kier alpha value is -1.79. The summed E-state index contributed by atoms with van der Waals surface area (Å²) in [5.74, 6) is -1.48. The van der Waals surface area contributed by atoms with Gasteiger partial charge in [-0.05, 0) is 12.3 Å². The first kappa shape index (κ1) is 16.2. The molecule has 0 aliphatic carbocycles. The number of urea groups is 1. The standard InChI is InChI=1S/C11H21N3O4/c1-8(2)4-5-13(3)11(18)14(6-9(12)15)7-10(16)17/h8H,4-7H2,1-3H3,(H2,12,15)(H,16,17). The lowest BCUT2D eigenvalue weighted by molar-refractivity contribution is -0.138. The van der Waals surface area contributed by atoms with Gasteiger partial charge in [-0.3, -0.25) is 9.59 Å². The van der Waals surface area contributed by atoms with Crippen molar-refractivity contribution in [2.75, 3.05) is 26.7 Å². The third-order valence-electron chi connectivity index (χ3n) is 2.31. The van der Waals surface area contributed by atoms with Crippen molar-refractivity contribution in [3.05, 3.63) is 0 Å². The van der Waals surface area contributed by atoms with Crippen LogP contribution in [-0.4, -0.2) is 59.5 Å². The molecule has 0 saturated heterocycles. The van der Waals surface area contributed by atoms with E-state index in [9.17, 15) is 14.4 Å². The Morgan fingerprint density at radius 1 is 1.22 bits per heavy atom. The van der Waals surface area contributed by atoms with Crippen LogP contribution in [0.1, 0.15) is 20.3 Å². The van der Waals surface area contributed by atoms with E-state index in [1.165, 1.54) is 4.90 Å². The van der Waals surface area contributed by atoms with Gasteiger partial charge in [0.2, 0.25) is 5.91 Å². The first-order chi connectivity index (χ1) is 8.23. The highest BCUT2D eigenvalue weighted by molar-refractivity contribution is 5.85. The number of nitrogens with two attached hydrogens (primary N) is 1. The molecule has 0 aromatic rings. The first-order valence-electron chi connectivity index (χ1n) is 5.74. The molecule has 0 spiro atoms. The summed E-state index contributed by atoms with van der Waals surface area (Å²) in [6, 6.07) is -0.503. The maximum absolute atomic E-state index is 11.9. The van der Waals surface area contributed by atoms with E-state index in [1.807, 2.05) is 13.8 Å². The molecule has 0 aromatic carbocycles. The van der Waals surface area contributed by atoms with Crippen molar-refractivity contribution in [1.82, 2.24) is 9.80 Å². The maximum Gasteiger partial charge on any atom is 0.323 e. The third kappa shape index (κ3) is 6.72. The molecule has 0 heterocycles. The van der Waals surface area contributed by atoms with Gasteiger partial charge >= 0.3 is 12.0 Å². The van der Waals surface area contributed by atoms with Crippen molar-refractivity contribution in [3.63, 3.8) is 0 Å². The number of carboxylic acids is 1. The average molecular weight is 259 g/mol. The summed E-state index contributed by atoms with van der Waals surface area (Å²) in [6.45, 7) is 3.63. The SMILES string of the molecule is CC(C)CCN(C)C(=O)N(CC(N)=O)CC(=O)O. The molecular weight excluding hydrogens is 238 g/mol. The molecule has 0 aromatic heterocycles. The number of primary amides is 1. The summed E-state index contributed by atoms with van der Waals surface area (Å²) in [6.07, 6.45) is 0.805. The molecule has 3 N–H and O–H groups in total. The van der Waals surface area contributed by atoms with Crippen molar-refractivity contribution in [2.45, 2.75) is 20.3 Å². The summed E-state index contributed by atoms with van der Waals surface area (Å²) < 4.78 is 0. The lowest BCUT2D eigenvalue weighted by atomic mass is 10.1. The molecule has 0 aliphatic rings. The Labute approximate surface area is 107 Å². The summed E-state index contributed by atoms with van der Waals surface area (Å²) in [4.78, 5) is 35.6. The Morgan fingerprint density at radius 2 is 1.78 bits per heavy atom. The van der Waals surface area contributed by atoms with Gasteiger partial charge in [0.1, 0.15) is 13.1 Å². The molecule has 0 rings (SSSR count). The van der Waals surface area contributed by atoms with Crippen molar-refractivity contribution < 1.29 is 19.5 Å². The van der Waals surface area contributed by atoms with Gasteiger partial charge in [-0.2, -0.15) is 0 Å². The zero-order valence-electron chi connectivity index (χ0n) is 11.0. The number of hydrogen-bond donors (Lipinski definition) is 2. The molecule has 18 heavy (non-hydrogen) atoms. The molecule has 7 heteroatoms.